The van der Waals surface area contributed by atoms with Crippen molar-refractivity contribution in [2.45, 2.75) is 6.54 Å². The van der Waals surface area contributed by atoms with Gasteiger partial charge in [0, 0.05) is 23.4 Å². The number of amidine groups is 1. The van der Waals surface area contributed by atoms with Gasteiger partial charge in [0.2, 0.25) is 0 Å². The molecular formula is C20H15Cl2N3. The molecule has 0 saturated heterocycles. The van der Waals surface area contributed by atoms with Gasteiger partial charge in [0.05, 0.1) is 15.7 Å². The zero-order chi connectivity index (χ0) is 17.4. The third kappa shape index (κ3) is 2.97. The third-order valence-electron chi connectivity index (χ3n) is 4.25. The fourth-order valence-corrected chi connectivity index (χ4v) is 3.36. The van der Waals surface area contributed by atoms with E-state index in [0.29, 0.717) is 21.6 Å². The quantitative estimate of drug-likeness (QED) is 0.455. The number of nitrogens with two attached hydrogens (primary N) is 1. The van der Waals surface area contributed by atoms with E-state index in [1.54, 1.807) is 18.2 Å². The Labute approximate surface area is 156 Å². The molecule has 4 rings (SSSR count). The summed E-state index contributed by atoms with van der Waals surface area (Å²) in [7, 11) is 0. The number of anilines is 1. The summed E-state index contributed by atoms with van der Waals surface area (Å²) in [5.41, 5.74) is 12.5. The molecule has 124 valence electrons. The normalized spacial score (nSPS) is 13.0. The van der Waals surface area contributed by atoms with Crippen LogP contribution in [0.3, 0.4) is 0 Å². The molecule has 1 heterocycles. The van der Waals surface area contributed by atoms with E-state index in [2.05, 4.69) is 28.5 Å². The van der Waals surface area contributed by atoms with Crippen molar-refractivity contribution in [2.75, 3.05) is 5.32 Å². The molecule has 0 bridgehead atoms. The minimum atomic E-state index is 0.439. The van der Waals surface area contributed by atoms with Gasteiger partial charge in [-0.15, -0.1) is 0 Å². The van der Waals surface area contributed by atoms with Crippen molar-refractivity contribution in [2.24, 2.45) is 10.7 Å². The molecule has 1 aliphatic heterocycles. The molecule has 3 N–H and O–H groups in total. The van der Waals surface area contributed by atoms with Crippen molar-refractivity contribution >= 4 is 40.4 Å². The number of nitrogens with one attached hydrogen (secondary N) is 1. The molecule has 25 heavy (non-hydrogen) atoms. The van der Waals surface area contributed by atoms with E-state index in [1.807, 2.05) is 24.3 Å². The molecule has 0 radical (unpaired) electrons. The Kier molecular flexibility index (Phi) is 4.12. The zero-order valence-corrected chi connectivity index (χ0v) is 14.8. The van der Waals surface area contributed by atoms with Crippen molar-refractivity contribution in [3.63, 3.8) is 0 Å². The smallest absolute Gasteiger partial charge is 0.132 e. The Balaban J connectivity index is 1.84. The summed E-state index contributed by atoms with van der Waals surface area (Å²) < 4.78 is 0. The molecule has 0 aliphatic carbocycles. The van der Waals surface area contributed by atoms with Gasteiger partial charge in [0.15, 0.2) is 0 Å². The third-order valence-corrected chi connectivity index (χ3v) is 4.99. The second kappa shape index (κ2) is 6.43. The molecule has 0 amide bonds. The van der Waals surface area contributed by atoms with Crippen molar-refractivity contribution in [1.82, 2.24) is 0 Å². The fourth-order valence-electron chi connectivity index (χ4n) is 3.07. The Bertz CT molecular complexity index is 996. The molecule has 0 aromatic heterocycles. The van der Waals surface area contributed by atoms with Crippen LogP contribution in [0.4, 0.5) is 11.4 Å². The van der Waals surface area contributed by atoms with Gasteiger partial charge in [-0.3, -0.25) is 0 Å². The number of aliphatic imine (C=N–C) groups is 1. The number of hydrogen-bond donors (Lipinski definition) is 2. The van der Waals surface area contributed by atoms with Crippen LogP contribution in [0.15, 0.2) is 65.7 Å². The molecular weight excluding hydrogens is 353 g/mol. The summed E-state index contributed by atoms with van der Waals surface area (Å²) in [6, 6.07) is 19.6. The predicted molar refractivity (Wildman–Crippen MR) is 106 cm³/mol. The number of hydrogen-bond acceptors (Lipinski definition) is 2. The van der Waals surface area contributed by atoms with Gasteiger partial charge in [-0.25, -0.2) is 4.99 Å². The summed E-state index contributed by atoms with van der Waals surface area (Å²) in [6.07, 6.45) is 0. The van der Waals surface area contributed by atoms with Crippen LogP contribution >= 0.6 is 23.2 Å². The van der Waals surface area contributed by atoms with Crippen molar-refractivity contribution in [3.8, 4) is 11.1 Å². The van der Waals surface area contributed by atoms with Crippen LogP contribution in [0, 0.1) is 0 Å². The van der Waals surface area contributed by atoms with Crippen molar-refractivity contribution < 1.29 is 0 Å². The highest BCUT2D eigenvalue weighted by molar-refractivity contribution is 6.42. The topological polar surface area (TPSA) is 50.4 Å². The summed E-state index contributed by atoms with van der Waals surface area (Å²) in [6.45, 7) is 0.802. The Morgan fingerprint density at radius 2 is 1.80 bits per heavy atom. The number of halogens is 2. The Hall–Kier alpha value is -2.49. The van der Waals surface area contributed by atoms with E-state index in [4.69, 9.17) is 28.9 Å². The van der Waals surface area contributed by atoms with Gasteiger partial charge in [-0.1, -0.05) is 59.6 Å². The molecule has 1 aliphatic rings. The summed E-state index contributed by atoms with van der Waals surface area (Å²) in [4.78, 5) is 4.54. The maximum Gasteiger partial charge on any atom is 0.132 e. The van der Waals surface area contributed by atoms with Crippen LogP contribution in [0.5, 0.6) is 0 Å². The van der Waals surface area contributed by atoms with Crippen molar-refractivity contribution in [3.05, 3.63) is 81.8 Å². The first-order chi connectivity index (χ1) is 12.1. The largest absolute Gasteiger partial charge is 0.383 e. The van der Waals surface area contributed by atoms with E-state index in [-0.39, 0.29) is 0 Å². The molecule has 3 aromatic carbocycles. The molecule has 5 heteroatoms. The van der Waals surface area contributed by atoms with E-state index in [9.17, 15) is 0 Å². The first-order valence-corrected chi connectivity index (χ1v) is 8.64. The van der Waals surface area contributed by atoms with Gasteiger partial charge >= 0.3 is 0 Å². The minimum absolute atomic E-state index is 0.439. The Morgan fingerprint density at radius 3 is 2.64 bits per heavy atom. The van der Waals surface area contributed by atoms with Crippen LogP contribution in [-0.4, -0.2) is 5.84 Å². The highest BCUT2D eigenvalue weighted by Gasteiger charge is 2.19. The second-order valence-corrected chi connectivity index (χ2v) is 6.65. The monoisotopic (exact) mass is 367 g/mol. The highest BCUT2D eigenvalue weighted by atomic mass is 35.5. The average molecular weight is 368 g/mol. The van der Waals surface area contributed by atoms with Gasteiger partial charge in [-0.05, 0) is 35.4 Å². The minimum Gasteiger partial charge on any atom is -0.383 e. The lowest BCUT2D eigenvalue weighted by Crippen LogP contribution is -2.17. The van der Waals surface area contributed by atoms with E-state index < -0.39 is 0 Å². The van der Waals surface area contributed by atoms with Gasteiger partial charge in [0.25, 0.3) is 0 Å². The number of nitrogens with zero attached hydrogens (tertiary/aromatic N) is 1. The number of fused-ring (bicyclic) bond motifs is 3. The highest BCUT2D eigenvalue weighted by Crippen LogP contribution is 2.38. The zero-order valence-electron chi connectivity index (χ0n) is 13.3. The van der Waals surface area contributed by atoms with E-state index >= 15 is 0 Å². The van der Waals surface area contributed by atoms with Crippen LogP contribution in [0.2, 0.25) is 10.0 Å². The molecule has 3 nitrogen and oxygen atoms in total. The van der Waals surface area contributed by atoms with Crippen LogP contribution in [-0.2, 0) is 6.54 Å². The van der Waals surface area contributed by atoms with E-state index in [0.717, 1.165) is 23.4 Å². The molecule has 0 saturated carbocycles. The van der Waals surface area contributed by atoms with Crippen LogP contribution in [0.1, 0.15) is 11.1 Å². The van der Waals surface area contributed by atoms with Crippen LogP contribution < -0.4 is 11.1 Å². The summed E-state index contributed by atoms with van der Waals surface area (Å²) in [5, 5.41) is 4.40. The van der Waals surface area contributed by atoms with Crippen molar-refractivity contribution in [1.29, 1.82) is 0 Å². The lowest BCUT2D eigenvalue weighted by molar-refractivity contribution is 1.13. The molecule has 3 aromatic rings. The first kappa shape index (κ1) is 16.0. The standard InChI is InChI=1S/C20H15Cl2N3/c21-16-9-8-13(10-17(16)22)25-20(23)15-6-3-7-18-19(15)14-5-2-1-4-12(14)11-24-18/h1-10,24H,11H2,(H2,23,25). The Morgan fingerprint density at radius 1 is 0.960 bits per heavy atom. The molecule has 0 atom stereocenters. The molecule has 0 unspecified atom stereocenters. The SMILES string of the molecule is NC(=Nc1ccc(Cl)c(Cl)c1)c1cccc2c1-c1ccccc1CN2. The van der Waals surface area contributed by atoms with Gasteiger partial charge < -0.3 is 11.1 Å². The average Bonchev–Trinajstić information content (AvgIpc) is 2.64. The second-order valence-electron chi connectivity index (χ2n) is 5.83. The van der Waals surface area contributed by atoms with E-state index in [1.165, 1.54) is 11.1 Å². The number of rotatable bonds is 2. The molecule has 0 fully saturated rings. The van der Waals surface area contributed by atoms with Crippen LogP contribution in [0.25, 0.3) is 11.1 Å². The lowest BCUT2D eigenvalue weighted by Gasteiger charge is -2.24. The summed E-state index contributed by atoms with van der Waals surface area (Å²) in [5.74, 6) is 0.439. The number of benzene rings is 3. The molecule has 0 spiro atoms. The maximum absolute atomic E-state index is 6.34. The van der Waals surface area contributed by atoms with Gasteiger partial charge in [-0.2, -0.15) is 0 Å². The van der Waals surface area contributed by atoms with Gasteiger partial charge in [0.1, 0.15) is 5.84 Å². The first-order valence-electron chi connectivity index (χ1n) is 7.88. The maximum atomic E-state index is 6.34. The fraction of sp³-hybridized carbons (Fsp3) is 0.0500. The predicted octanol–water partition coefficient (Wildman–Crippen LogP) is 5.62. The lowest BCUT2D eigenvalue weighted by atomic mass is 9.90. The summed E-state index contributed by atoms with van der Waals surface area (Å²) >= 11 is 12.0.